The molecule has 0 heterocycles. The number of guanidine groups is 1. The van der Waals surface area contributed by atoms with Gasteiger partial charge in [-0.05, 0) is 126 Å². The molecule has 1 rings (SSSR count). The highest BCUT2D eigenvalue weighted by molar-refractivity contribution is 6.09. The number of carbonyl (C=O) groups is 4. The summed E-state index contributed by atoms with van der Waals surface area (Å²) in [7, 11) is 2.87. The SMILES string of the molecule is C=N/C(=N\C(=C(/C)Cc1cc(OC)c(OCCCO)c(OC)c1)N(C(=O)OC(C)(C)C)C(=O)OC(C)(C)C)N(C(=O)OC(C)(C)C)C(=O)OC(C)(C)C. The smallest absolute Gasteiger partial charge is 0.427 e. The molecule has 0 atom stereocenters. The molecule has 0 fully saturated rings. The molecule has 0 aromatic heterocycles. The van der Waals surface area contributed by atoms with Crippen molar-refractivity contribution in [3.63, 3.8) is 0 Å². The first-order valence-corrected chi connectivity index (χ1v) is 16.9. The van der Waals surface area contributed by atoms with Gasteiger partial charge in [0.1, 0.15) is 22.4 Å². The first kappa shape index (κ1) is 46.2. The van der Waals surface area contributed by atoms with Crippen LogP contribution in [0, 0.1) is 0 Å². The number of allylic oxidation sites excluding steroid dienone is 1. The molecule has 0 unspecified atom stereocenters. The van der Waals surface area contributed by atoms with Crippen molar-refractivity contribution in [3.8, 4) is 17.2 Å². The minimum absolute atomic E-state index is 0.0339. The molecule has 0 aliphatic carbocycles. The number of aliphatic hydroxyl groups excluding tert-OH is 1. The first-order valence-electron chi connectivity index (χ1n) is 16.9. The Kier molecular flexibility index (Phi) is 16.3. The van der Waals surface area contributed by atoms with Gasteiger partial charge in [-0.1, -0.05) is 0 Å². The third-order valence-corrected chi connectivity index (χ3v) is 5.98. The Morgan fingerprint density at radius 2 is 1.08 bits per heavy atom. The van der Waals surface area contributed by atoms with Crippen molar-refractivity contribution in [3.05, 3.63) is 29.1 Å². The van der Waals surface area contributed by atoms with E-state index in [1.54, 1.807) is 102 Å². The van der Waals surface area contributed by atoms with Gasteiger partial charge in [-0.25, -0.2) is 24.2 Å². The van der Waals surface area contributed by atoms with Crippen LogP contribution in [0.25, 0.3) is 0 Å². The van der Waals surface area contributed by atoms with E-state index < -0.39 is 58.6 Å². The molecule has 4 amide bonds. The van der Waals surface area contributed by atoms with Crippen LogP contribution in [-0.4, -0.2) is 102 Å². The Morgan fingerprint density at radius 1 is 0.698 bits per heavy atom. The highest BCUT2D eigenvalue weighted by atomic mass is 16.6. The van der Waals surface area contributed by atoms with Crippen LogP contribution in [0.15, 0.2) is 33.5 Å². The Labute approximate surface area is 313 Å². The molecule has 298 valence electrons. The molecule has 16 nitrogen and oxygen atoms in total. The van der Waals surface area contributed by atoms with E-state index in [9.17, 15) is 24.3 Å². The average molecular weight is 751 g/mol. The zero-order valence-electron chi connectivity index (χ0n) is 33.9. The number of aliphatic hydroxyl groups is 1. The average Bonchev–Trinajstić information content (AvgIpc) is 2.96. The second-order valence-corrected chi connectivity index (χ2v) is 15.7. The molecule has 0 saturated carbocycles. The lowest BCUT2D eigenvalue weighted by Crippen LogP contribution is -2.47. The van der Waals surface area contributed by atoms with Crippen LogP contribution >= 0.6 is 0 Å². The molecule has 16 heteroatoms. The van der Waals surface area contributed by atoms with Crippen LogP contribution in [0.1, 0.15) is 102 Å². The number of methoxy groups -OCH3 is 2. The quantitative estimate of drug-likeness (QED) is 0.107. The van der Waals surface area contributed by atoms with E-state index in [1.165, 1.54) is 14.2 Å². The van der Waals surface area contributed by atoms with E-state index >= 15 is 0 Å². The van der Waals surface area contributed by atoms with Gasteiger partial charge in [-0.3, -0.25) is 0 Å². The number of carbonyl (C=O) groups excluding carboxylic acids is 4. The lowest BCUT2D eigenvalue weighted by molar-refractivity contribution is 0.00769. The predicted molar refractivity (Wildman–Crippen MR) is 199 cm³/mol. The summed E-state index contributed by atoms with van der Waals surface area (Å²) in [5.41, 5.74) is -3.59. The number of benzene rings is 1. The maximum absolute atomic E-state index is 13.9. The summed E-state index contributed by atoms with van der Waals surface area (Å²) in [5, 5.41) is 9.22. The van der Waals surface area contributed by atoms with Gasteiger partial charge in [0.15, 0.2) is 17.3 Å². The van der Waals surface area contributed by atoms with Crippen LogP contribution < -0.4 is 14.2 Å². The third-order valence-electron chi connectivity index (χ3n) is 5.98. The number of rotatable bonds is 10. The van der Waals surface area contributed by atoms with E-state index in [4.69, 9.17) is 33.2 Å². The summed E-state index contributed by atoms with van der Waals surface area (Å²) in [6.07, 6.45) is -4.47. The second-order valence-electron chi connectivity index (χ2n) is 15.7. The first-order chi connectivity index (χ1) is 24.2. The van der Waals surface area contributed by atoms with Crippen LogP contribution in [0.2, 0.25) is 0 Å². The summed E-state index contributed by atoms with van der Waals surface area (Å²) in [4.78, 5) is 64.3. The third kappa shape index (κ3) is 15.7. The summed E-state index contributed by atoms with van der Waals surface area (Å²) in [6.45, 7) is 24.3. The predicted octanol–water partition coefficient (Wildman–Crippen LogP) is 7.64. The summed E-state index contributed by atoms with van der Waals surface area (Å²) < 4.78 is 39.2. The van der Waals surface area contributed by atoms with Crippen molar-refractivity contribution in [1.29, 1.82) is 0 Å². The molecular weight excluding hydrogens is 692 g/mol. The van der Waals surface area contributed by atoms with E-state index in [2.05, 4.69) is 16.7 Å². The van der Waals surface area contributed by atoms with Crippen molar-refractivity contribution in [1.82, 2.24) is 9.80 Å². The minimum Gasteiger partial charge on any atom is -0.493 e. The molecule has 0 radical (unpaired) electrons. The molecule has 1 aromatic carbocycles. The number of imide groups is 2. The van der Waals surface area contributed by atoms with E-state index in [0.29, 0.717) is 39.0 Å². The second kappa shape index (κ2) is 18.8. The van der Waals surface area contributed by atoms with Crippen LogP contribution in [0.4, 0.5) is 19.2 Å². The van der Waals surface area contributed by atoms with Gasteiger partial charge in [-0.15, -0.1) is 4.90 Å². The van der Waals surface area contributed by atoms with Crippen LogP contribution in [0.3, 0.4) is 0 Å². The van der Waals surface area contributed by atoms with Gasteiger partial charge < -0.3 is 38.3 Å². The zero-order chi connectivity index (χ0) is 41.1. The lowest BCUT2D eigenvalue weighted by atomic mass is 10.0. The van der Waals surface area contributed by atoms with Gasteiger partial charge >= 0.3 is 24.4 Å². The van der Waals surface area contributed by atoms with Gasteiger partial charge in [0, 0.05) is 13.0 Å². The Balaban J connectivity index is 4.31. The number of hydrogen-bond donors (Lipinski definition) is 1. The molecular formula is C37H58N4O12. The highest BCUT2D eigenvalue weighted by Gasteiger charge is 2.39. The number of amides is 4. The Morgan fingerprint density at radius 3 is 1.40 bits per heavy atom. The molecule has 0 aliphatic heterocycles. The summed E-state index contributed by atoms with van der Waals surface area (Å²) >= 11 is 0. The maximum atomic E-state index is 13.9. The molecule has 1 aromatic rings. The summed E-state index contributed by atoms with van der Waals surface area (Å²) in [5.74, 6) is -0.238. The van der Waals surface area contributed by atoms with Crippen molar-refractivity contribution in [2.45, 2.75) is 125 Å². The van der Waals surface area contributed by atoms with Gasteiger partial charge in [0.05, 0.1) is 20.8 Å². The Hall–Kier alpha value is -4.86. The molecule has 0 aliphatic rings. The largest absolute Gasteiger partial charge is 0.493 e. The van der Waals surface area contributed by atoms with Crippen LogP contribution in [-0.2, 0) is 25.4 Å². The lowest BCUT2D eigenvalue weighted by Gasteiger charge is -2.30. The van der Waals surface area contributed by atoms with Crippen molar-refractivity contribution in [2.75, 3.05) is 27.4 Å². The number of ether oxygens (including phenoxy) is 7. The minimum atomic E-state index is -1.22. The Bertz CT molecular complexity index is 1460. The van der Waals surface area contributed by atoms with Gasteiger partial charge in [-0.2, -0.15) is 9.89 Å². The molecule has 0 bridgehead atoms. The van der Waals surface area contributed by atoms with E-state index in [0.717, 1.165) is 0 Å². The molecule has 53 heavy (non-hydrogen) atoms. The van der Waals surface area contributed by atoms with Gasteiger partial charge in [0.25, 0.3) is 0 Å². The maximum Gasteiger partial charge on any atom is 0.427 e. The highest BCUT2D eigenvalue weighted by Crippen LogP contribution is 2.39. The van der Waals surface area contributed by atoms with Crippen molar-refractivity contribution >= 4 is 37.1 Å². The monoisotopic (exact) mass is 750 g/mol. The number of aliphatic imine (C=N–C) groups is 2. The fourth-order valence-corrected chi connectivity index (χ4v) is 4.11. The molecule has 0 saturated heterocycles. The van der Waals surface area contributed by atoms with E-state index in [-0.39, 0.29) is 25.2 Å². The van der Waals surface area contributed by atoms with Crippen molar-refractivity contribution in [2.24, 2.45) is 9.98 Å². The fraction of sp³-hybridized carbons (Fsp3) is 0.622. The normalized spacial score (nSPS) is 12.9. The standard InChI is InChI=1S/C37H58N4O12/c1-23(20-24-21-25(47-15)27(26(22-24)48-16)49-19-17-18-42)28(40(30(43)50-34(2,3)4)31(44)51-35(5,6)7)39-29(38-14)41(32(45)52-36(8,9)10)33(46)53-37(11,12)13/h21-22,42H,14,17-20H2,1-13,15-16H3/b28-23-,39-29+. The van der Waals surface area contributed by atoms with Crippen molar-refractivity contribution < 1.29 is 57.4 Å². The molecule has 0 spiro atoms. The fourth-order valence-electron chi connectivity index (χ4n) is 4.11. The van der Waals surface area contributed by atoms with E-state index in [1.807, 2.05) is 0 Å². The van der Waals surface area contributed by atoms with Gasteiger partial charge in [0.2, 0.25) is 11.7 Å². The number of hydrogen-bond acceptors (Lipinski definition) is 13. The van der Waals surface area contributed by atoms with Crippen LogP contribution in [0.5, 0.6) is 17.2 Å². The summed E-state index contributed by atoms with van der Waals surface area (Å²) in [6, 6.07) is 3.29. The molecule has 1 N–H and O–H groups in total. The topological polar surface area (TPSA) is 184 Å². The number of nitrogens with zero attached hydrogens (tertiary/aromatic N) is 4. The zero-order valence-corrected chi connectivity index (χ0v) is 33.9.